The van der Waals surface area contributed by atoms with Crippen LogP contribution < -0.4 is 29.6 Å². The third kappa shape index (κ3) is 13.5. The Morgan fingerprint density at radius 2 is 0.880 bits per heavy atom. The molecule has 0 heterocycles. The normalized spacial score (nSPS) is 10.0. The second-order valence-electron chi connectivity index (χ2n) is 6.74. The fourth-order valence-corrected chi connectivity index (χ4v) is 2.97. The molecule has 134 valence electrons. The summed E-state index contributed by atoms with van der Waals surface area (Å²) >= 11 is 0. The van der Waals surface area contributed by atoms with Crippen molar-refractivity contribution in [1.29, 1.82) is 0 Å². The minimum Gasteiger partial charge on any atom is -0.343 e. The first kappa shape index (κ1) is 24.7. The van der Waals surface area contributed by atoms with Gasteiger partial charge in [-0.1, -0.05) is 126 Å². The van der Waals surface area contributed by atoms with Crippen LogP contribution in [0.1, 0.15) is 84.0 Å². The zero-order chi connectivity index (χ0) is 17.3. The summed E-state index contributed by atoms with van der Waals surface area (Å²) in [6, 6.07) is 16.7. The van der Waals surface area contributed by atoms with Crippen LogP contribution in [-0.4, -0.2) is 0 Å². The molecule has 25 heavy (non-hydrogen) atoms. The van der Waals surface area contributed by atoms with Crippen LogP contribution in [0.5, 0.6) is 0 Å². The molecule has 0 nitrogen and oxygen atoms in total. The number of fused-ring (bicyclic) bond motifs is 1. The number of rotatable bonds is 11. The Kier molecular flexibility index (Phi) is 18.3. The Bertz CT molecular complexity index is 429. The molecule has 0 aliphatic heterocycles. The van der Waals surface area contributed by atoms with Gasteiger partial charge in [0.15, 0.2) is 0 Å². The summed E-state index contributed by atoms with van der Waals surface area (Å²) in [5, 5.41) is 2.62. The van der Waals surface area contributed by atoms with Gasteiger partial charge in [-0.05, 0) is 10.8 Å². The van der Waals surface area contributed by atoms with E-state index in [-0.39, 0.29) is 29.6 Å². The molecule has 0 spiro atoms. The van der Waals surface area contributed by atoms with Gasteiger partial charge in [0.25, 0.3) is 0 Å². The van der Waals surface area contributed by atoms with Gasteiger partial charge in [0.1, 0.15) is 0 Å². The van der Waals surface area contributed by atoms with Gasteiger partial charge >= 0.3 is 29.6 Å². The Labute approximate surface area is 179 Å². The van der Waals surface area contributed by atoms with Crippen LogP contribution >= 0.6 is 0 Å². The molecule has 0 fully saturated rings. The fourth-order valence-electron chi connectivity index (χ4n) is 2.97. The standard InChI is InChI=1S/C14H29.C10H8.Na/c1-3-5-7-9-11-13-14-12-10-8-6-4-2;1-2-6-10-8-4-3-7-9(10)5-1;/h1,3-14H2,2H3;1-8H;/q-1;;+1. The molecule has 2 aromatic rings. The van der Waals surface area contributed by atoms with Crippen molar-refractivity contribution in [2.75, 3.05) is 0 Å². The van der Waals surface area contributed by atoms with Crippen LogP contribution in [-0.2, 0) is 0 Å². The molecule has 0 aliphatic carbocycles. The molecule has 0 atom stereocenters. The Morgan fingerprint density at radius 3 is 1.20 bits per heavy atom. The minimum atomic E-state index is 0. The Morgan fingerprint density at radius 1 is 0.560 bits per heavy atom. The largest absolute Gasteiger partial charge is 1.00 e. The molecule has 0 saturated heterocycles. The van der Waals surface area contributed by atoms with Crippen LogP contribution in [0.25, 0.3) is 10.8 Å². The monoisotopic (exact) mass is 348 g/mol. The predicted octanol–water partition coefficient (Wildman–Crippen LogP) is 5.37. The topological polar surface area (TPSA) is 0 Å². The number of unbranched alkanes of at least 4 members (excludes halogenated alkanes) is 11. The maximum atomic E-state index is 3.86. The summed E-state index contributed by atoms with van der Waals surface area (Å²) in [4.78, 5) is 0. The molecule has 0 N–H and O–H groups in total. The maximum Gasteiger partial charge on any atom is 1.00 e. The molecule has 0 saturated carbocycles. The van der Waals surface area contributed by atoms with Crippen molar-refractivity contribution in [3.05, 3.63) is 55.5 Å². The maximum absolute atomic E-state index is 3.86. The Balaban J connectivity index is 0.000000460. The van der Waals surface area contributed by atoms with Crippen molar-refractivity contribution in [3.8, 4) is 0 Å². The molecule has 2 aromatic carbocycles. The first-order valence-electron chi connectivity index (χ1n) is 10.1. The summed E-state index contributed by atoms with van der Waals surface area (Å²) in [6.45, 7) is 6.14. The summed E-state index contributed by atoms with van der Waals surface area (Å²) in [5.74, 6) is 0. The van der Waals surface area contributed by atoms with E-state index in [0.717, 1.165) is 6.42 Å². The predicted molar refractivity (Wildman–Crippen MR) is 110 cm³/mol. The zero-order valence-corrected chi connectivity index (χ0v) is 18.8. The minimum absolute atomic E-state index is 0. The molecule has 0 aliphatic rings. The average Bonchev–Trinajstić information content (AvgIpc) is 2.64. The molecule has 0 amide bonds. The molecular weight excluding hydrogens is 311 g/mol. The third-order valence-electron chi connectivity index (χ3n) is 4.51. The number of hydrogen-bond acceptors (Lipinski definition) is 0. The van der Waals surface area contributed by atoms with Crippen LogP contribution in [0, 0.1) is 6.92 Å². The summed E-state index contributed by atoms with van der Waals surface area (Å²) in [5.41, 5.74) is 0. The van der Waals surface area contributed by atoms with Crippen LogP contribution in [0.15, 0.2) is 48.5 Å². The van der Waals surface area contributed by atoms with E-state index in [1.807, 2.05) is 0 Å². The van der Waals surface area contributed by atoms with Crippen LogP contribution in [0.2, 0.25) is 0 Å². The second kappa shape index (κ2) is 18.5. The molecule has 0 aromatic heterocycles. The van der Waals surface area contributed by atoms with E-state index in [4.69, 9.17) is 0 Å². The summed E-state index contributed by atoms with van der Waals surface area (Å²) < 4.78 is 0. The van der Waals surface area contributed by atoms with E-state index >= 15 is 0 Å². The van der Waals surface area contributed by atoms with Crippen molar-refractivity contribution in [2.24, 2.45) is 0 Å². The molecule has 1 heteroatoms. The SMILES string of the molecule is [CH2-]CCCCCCCCCCCCC.[Na+].c1ccc2ccccc2c1. The quantitative estimate of drug-likeness (QED) is 0.291. The third-order valence-corrected chi connectivity index (χ3v) is 4.51. The molecule has 0 unspecified atom stereocenters. The van der Waals surface area contributed by atoms with Gasteiger partial charge < -0.3 is 6.92 Å². The zero-order valence-electron chi connectivity index (χ0n) is 16.8. The van der Waals surface area contributed by atoms with E-state index in [9.17, 15) is 0 Å². The summed E-state index contributed by atoms with van der Waals surface area (Å²) in [7, 11) is 0. The van der Waals surface area contributed by atoms with E-state index < -0.39 is 0 Å². The van der Waals surface area contributed by atoms with Gasteiger partial charge in [-0.15, -0.1) is 0 Å². The van der Waals surface area contributed by atoms with Crippen molar-refractivity contribution in [1.82, 2.24) is 0 Å². The van der Waals surface area contributed by atoms with Crippen LogP contribution in [0.4, 0.5) is 0 Å². The van der Waals surface area contributed by atoms with Gasteiger partial charge in [-0.3, -0.25) is 0 Å². The van der Waals surface area contributed by atoms with Gasteiger partial charge in [0, 0.05) is 0 Å². The molecule has 0 bridgehead atoms. The van der Waals surface area contributed by atoms with Gasteiger partial charge in [-0.25, -0.2) is 0 Å². The van der Waals surface area contributed by atoms with Gasteiger partial charge in [-0.2, -0.15) is 6.42 Å². The smallest absolute Gasteiger partial charge is 0.343 e. The molecule has 2 rings (SSSR count). The average molecular weight is 349 g/mol. The van der Waals surface area contributed by atoms with E-state index in [2.05, 4.69) is 62.4 Å². The van der Waals surface area contributed by atoms with E-state index in [0.29, 0.717) is 0 Å². The number of benzene rings is 2. The first-order valence-corrected chi connectivity index (χ1v) is 10.1. The molecular formula is C24H37Na. The van der Waals surface area contributed by atoms with Gasteiger partial charge in [0.05, 0.1) is 0 Å². The van der Waals surface area contributed by atoms with Crippen molar-refractivity contribution in [2.45, 2.75) is 84.0 Å². The molecule has 0 radical (unpaired) electrons. The number of hydrogen-bond donors (Lipinski definition) is 0. The first-order chi connectivity index (χ1) is 11.9. The van der Waals surface area contributed by atoms with Crippen LogP contribution in [0.3, 0.4) is 0 Å². The summed E-state index contributed by atoms with van der Waals surface area (Å²) in [6.07, 6.45) is 16.9. The van der Waals surface area contributed by atoms with E-state index in [1.54, 1.807) is 0 Å². The van der Waals surface area contributed by atoms with Crippen molar-refractivity contribution >= 4 is 10.8 Å². The van der Waals surface area contributed by atoms with Crippen molar-refractivity contribution in [3.63, 3.8) is 0 Å². The van der Waals surface area contributed by atoms with Gasteiger partial charge in [0.2, 0.25) is 0 Å². The fraction of sp³-hybridized carbons (Fsp3) is 0.542. The van der Waals surface area contributed by atoms with E-state index in [1.165, 1.54) is 81.4 Å². The second-order valence-corrected chi connectivity index (χ2v) is 6.74. The van der Waals surface area contributed by atoms with Crippen molar-refractivity contribution < 1.29 is 29.6 Å². The Hall–Kier alpha value is -0.300.